The number of aryl methyl sites for hydroxylation is 1. The average molecular weight is 435 g/mol. The van der Waals surface area contributed by atoms with Gasteiger partial charge in [0.05, 0.1) is 15.4 Å². The van der Waals surface area contributed by atoms with E-state index in [1.165, 1.54) is 64.3 Å². The van der Waals surface area contributed by atoms with E-state index in [0.29, 0.717) is 5.56 Å². The molecule has 160 valence electrons. The minimum absolute atomic E-state index is 0.0121. The van der Waals surface area contributed by atoms with Crippen LogP contribution in [0.5, 0.6) is 0 Å². The van der Waals surface area contributed by atoms with Crippen LogP contribution in [0.4, 0.5) is 11.4 Å². The zero-order valence-electron chi connectivity index (χ0n) is 16.8. The average Bonchev–Trinajstić information content (AvgIpc) is 2.67. The van der Waals surface area contributed by atoms with E-state index in [0.717, 1.165) is 10.4 Å². The van der Waals surface area contributed by atoms with Gasteiger partial charge in [-0.1, -0.05) is 12.1 Å². The second-order valence-electron chi connectivity index (χ2n) is 6.61. The number of benzene rings is 2. The minimum Gasteiger partial charge on any atom is -0.449 e. The molecule has 0 fully saturated rings. The van der Waals surface area contributed by atoms with Crippen molar-refractivity contribution in [2.24, 2.45) is 0 Å². The van der Waals surface area contributed by atoms with Crippen molar-refractivity contribution in [3.05, 3.63) is 63.7 Å². The Morgan fingerprint density at radius 3 is 2.43 bits per heavy atom. The maximum atomic E-state index is 12.3. The smallest absolute Gasteiger partial charge is 0.339 e. The SMILES string of the molecule is Cc1ccc(C(=O)O[C@H](C)C(=O)Nc2cccc(S(=O)(=O)N(C)C)c2)cc1[N+](=O)[O-]. The summed E-state index contributed by atoms with van der Waals surface area (Å²) >= 11 is 0. The summed E-state index contributed by atoms with van der Waals surface area (Å²) in [6.07, 6.45) is -1.23. The van der Waals surface area contributed by atoms with Crippen LogP contribution in [0, 0.1) is 17.0 Å². The Kier molecular flexibility index (Phi) is 6.90. The molecule has 0 aliphatic rings. The van der Waals surface area contributed by atoms with Crippen molar-refractivity contribution in [2.75, 3.05) is 19.4 Å². The lowest BCUT2D eigenvalue weighted by atomic mass is 10.1. The van der Waals surface area contributed by atoms with E-state index in [1.54, 1.807) is 0 Å². The molecule has 1 N–H and O–H groups in total. The Morgan fingerprint density at radius 2 is 1.83 bits per heavy atom. The van der Waals surface area contributed by atoms with E-state index in [4.69, 9.17) is 4.74 Å². The topological polar surface area (TPSA) is 136 Å². The summed E-state index contributed by atoms with van der Waals surface area (Å²) in [7, 11) is -0.911. The summed E-state index contributed by atoms with van der Waals surface area (Å²) in [6.45, 7) is 2.87. The first kappa shape index (κ1) is 23.0. The fraction of sp³-hybridized carbons (Fsp3) is 0.263. The molecule has 2 rings (SSSR count). The van der Waals surface area contributed by atoms with Crippen molar-refractivity contribution in [1.29, 1.82) is 0 Å². The van der Waals surface area contributed by atoms with E-state index in [9.17, 15) is 28.1 Å². The summed E-state index contributed by atoms with van der Waals surface area (Å²) in [5.41, 5.74) is 0.290. The fourth-order valence-electron chi connectivity index (χ4n) is 2.40. The number of anilines is 1. The van der Waals surface area contributed by atoms with Crippen LogP contribution < -0.4 is 5.32 Å². The fourth-order valence-corrected chi connectivity index (χ4v) is 3.35. The number of sulfonamides is 1. The van der Waals surface area contributed by atoms with Crippen molar-refractivity contribution in [3.8, 4) is 0 Å². The lowest BCUT2D eigenvalue weighted by Gasteiger charge is -2.15. The second-order valence-corrected chi connectivity index (χ2v) is 8.76. The molecule has 0 aliphatic heterocycles. The molecule has 10 nitrogen and oxygen atoms in total. The van der Waals surface area contributed by atoms with Crippen LogP contribution in [0.3, 0.4) is 0 Å². The van der Waals surface area contributed by atoms with Crippen LogP contribution in [-0.2, 0) is 19.6 Å². The second kappa shape index (κ2) is 9.01. The van der Waals surface area contributed by atoms with Crippen LogP contribution in [0.2, 0.25) is 0 Å². The van der Waals surface area contributed by atoms with Crippen LogP contribution >= 0.6 is 0 Å². The maximum Gasteiger partial charge on any atom is 0.339 e. The van der Waals surface area contributed by atoms with Crippen molar-refractivity contribution in [2.45, 2.75) is 24.8 Å². The predicted octanol–water partition coefficient (Wildman–Crippen LogP) is 2.34. The highest BCUT2D eigenvalue weighted by Crippen LogP contribution is 2.21. The molecule has 0 spiro atoms. The molecule has 0 aliphatic carbocycles. The number of nitro groups is 1. The third-order valence-electron chi connectivity index (χ3n) is 4.17. The number of amides is 1. The third-order valence-corrected chi connectivity index (χ3v) is 5.99. The number of nitro benzene ring substituents is 1. The number of carbonyl (C=O) groups is 2. The number of hydrogen-bond acceptors (Lipinski definition) is 7. The van der Waals surface area contributed by atoms with Gasteiger partial charge in [0.25, 0.3) is 11.6 Å². The van der Waals surface area contributed by atoms with Gasteiger partial charge in [0.2, 0.25) is 10.0 Å². The monoisotopic (exact) mass is 435 g/mol. The lowest BCUT2D eigenvalue weighted by molar-refractivity contribution is -0.385. The Morgan fingerprint density at radius 1 is 1.17 bits per heavy atom. The standard InChI is InChI=1S/C19H21N3O7S/c1-12-8-9-14(10-17(12)22(25)26)19(24)29-13(2)18(23)20-15-6-5-7-16(11-15)30(27,28)21(3)4/h5-11,13H,1-4H3,(H,20,23)/t13-/m1/s1. The van der Waals surface area contributed by atoms with Crippen molar-refractivity contribution >= 4 is 33.3 Å². The van der Waals surface area contributed by atoms with Crippen LogP contribution in [0.15, 0.2) is 47.4 Å². The first-order valence-electron chi connectivity index (χ1n) is 8.73. The number of rotatable bonds is 7. The number of carbonyl (C=O) groups excluding carboxylic acids is 2. The Bertz CT molecular complexity index is 1100. The molecule has 0 aromatic heterocycles. The predicted molar refractivity (Wildman–Crippen MR) is 109 cm³/mol. The summed E-state index contributed by atoms with van der Waals surface area (Å²) in [6, 6.07) is 9.49. The molecule has 0 heterocycles. The molecule has 0 radical (unpaired) electrons. The number of ether oxygens (including phenoxy) is 1. The molecule has 2 aromatic carbocycles. The minimum atomic E-state index is -3.68. The largest absolute Gasteiger partial charge is 0.449 e. The Balaban J connectivity index is 2.11. The molecule has 1 amide bonds. The van der Waals surface area contributed by atoms with Gasteiger partial charge in [0.1, 0.15) is 0 Å². The highest BCUT2D eigenvalue weighted by Gasteiger charge is 2.22. The zero-order valence-corrected chi connectivity index (χ0v) is 17.6. The van der Waals surface area contributed by atoms with E-state index < -0.39 is 32.9 Å². The zero-order chi connectivity index (χ0) is 22.6. The van der Waals surface area contributed by atoms with Gasteiger partial charge >= 0.3 is 5.97 Å². The molecule has 11 heteroatoms. The first-order valence-corrected chi connectivity index (χ1v) is 10.2. The molecular formula is C19H21N3O7S. The number of hydrogen-bond donors (Lipinski definition) is 1. The van der Waals surface area contributed by atoms with Gasteiger partial charge in [0.15, 0.2) is 6.10 Å². The molecule has 0 bridgehead atoms. The van der Waals surface area contributed by atoms with Crippen molar-refractivity contribution in [3.63, 3.8) is 0 Å². The summed E-state index contributed by atoms with van der Waals surface area (Å²) in [5, 5.41) is 13.5. The van der Waals surface area contributed by atoms with E-state index in [1.807, 2.05) is 0 Å². The van der Waals surface area contributed by atoms with E-state index in [2.05, 4.69) is 5.32 Å². The quantitative estimate of drug-likeness (QED) is 0.400. The van der Waals surface area contributed by atoms with Gasteiger partial charge in [-0.3, -0.25) is 14.9 Å². The molecule has 0 saturated heterocycles. The highest BCUT2D eigenvalue weighted by molar-refractivity contribution is 7.89. The molecule has 1 atom stereocenters. The summed E-state index contributed by atoms with van der Waals surface area (Å²) in [4.78, 5) is 35.0. The van der Waals surface area contributed by atoms with Crippen LogP contribution in [-0.4, -0.2) is 49.7 Å². The van der Waals surface area contributed by atoms with Crippen LogP contribution in [0.1, 0.15) is 22.8 Å². The number of nitrogens with zero attached hydrogens (tertiary/aromatic N) is 2. The molecule has 2 aromatic rings. The van der Waals surface area contributed by atoms with Gasteiger partial charge in [-0.2, -0.15) is 0 Å². The molecule has 0 saturated carbocycles. The molecule has 0 unspecified atom stereocenters. The normalized spacial score (nSPS) is 12.3. The first-order chi connectivity index (χ1) is 13.9. The van der Waals surface area contributed by atoms with Crippen molar-refractivity contribution < 1.29 is 27.7 Å². The van der Waals surface area contributed by atoms with Gasteiger partial charge in [-0.05, 0) is 38.1 Å². The van der Waals surface area contributed by atoms with Gasteiger partial charge < -0.3 is 10.1 Å². The van der Waals surface area contributed by atoms with E-state index >= 15 is 0 Å². The third kappa shape index (κ3) is 5.19. The Hall–Kier alpha value is -3.31. The molecular weight excluding hydrogens is 414 g/mol. The van der Waals surface area contributed by atoms with Crippen molar-refractivity contribution in [1.82, 2.24) is 4.31 Å². The summed E-state index contributed by atoms with van der Waals surface area (Å²) in [5.74, 6) is -1.59. The lowest BCUT2D eigenvalue weighted by Crippen LogP contribution is -2.30. The van der Waals surface area contributed by atoms with Crippen LogP contribution in [0.25, 0.3) is 0 Å². The highest BCUT2D eigenvalue weighted by atomic mass is 32.2. The van der Waals surface area contributed by atoms with Gasteiger partial charge in [0, 0.05) is 31.4 Å². The molecule has 30 heavy (non-hydrogen) atoms. The number of nitrogens with one attached hydrogen (secondary N) is 1. The Labute approximate surface area is 173 Å². The van der Waals surface area contributed by atoms with Gasteiger partial charge in [-0.15, -0.1) is 0 Å². The number of esters is 1. The van der Waals surface area contributed by atoms with Gasteiger partial charge in [-0.25, -0.2) is 17.5 Å². The summed E-state index contributed by atoms with van der Waals surface area (Å²) < 4.78 is 30.5. The maximum absolute atomic E-state index is 12.3. The van der Waals surface area contributed by atoms with E-state index in [-0.39, 0.29) is 21.8 Å².